The average Bonchev–Trinajstić information content (AvgIpc) is 1.21. The minimum absolute atomic E-state index is 0. The molecular formula is C2H7NO4S2. The molecule has 0 aromatic heterocycles. The Balaban J connectivity index is 0. The fourth-order valence-corrected chi connectivity index (χ4v) is 0.986. The van der Waals surface area contributed by atoms with E-state index in [-0.39, 0.29) is 12.1 Å². The zero-order valence-corrected chi connectivity index (χ0v) is 5.24. The van der Waals surface area contributed by atoms with E-state index in [0.29, 0.717) is 0 Å². The lowest BCUT2D eigenvalue weighted by atomic mass is 11.9. The maximum Gasteiger partial charge on any atom is 0.246 e. The van der Waals surface area contributed by atoms with Crippen LogP contribution in [0, 0.1) is 0 Å². The van der Waals surface area contributed by atoms with Gasteiger partial charge in [-0.2, -0.15) is 8.42 Å². The molecule has 0 saturated heterocycles. The van der Waals surface area contributed by atoms with Crippen LogP contribution in [0.1, 0.15) is 7.43 Å². The highest BCUT2D eigenvalue weighted by Crippen LogP contribution is 1.60. The minimum atomic E-state index is -3.96. The molecule has 0 unspecified atom stereocenters. The lowest BCUT2D eigenvalue weighted by Crippen LogP contribution is -2.12. The molecule has 0 saturated carbocycles. The van der Waals surface area contributed by atoms with Crippen LogP contribution in [0.25, 0.3) is 0 Å². The van der Waals surface area contributed by atoms with Crippen molar-refractivity contribution < 1.29 is 16.8 Å². The van der Waals surface area contributed by atoms with Gasteiger partial charge >= 0.3 is 0 Å². The number of sulfonamides is 1. The van der Waals surface area contributed by atoms with Crippen molar-refractivity contribution in [3.8, 4) is 0 Å². The van der Waals surface area contributed by atoms with E-state index in [4.69, 9.17) is 0 Å². The molecule has 0 rings (SSSR count). The summed E-state index contributed by atoms with van der Waals surface area (Å²) in [5.41, 5.74) is 0. The van der Waals surface area contributed by atoms with Gasteiger partial charge in [-0.05, 0) is 0 Å². The Labute approximate surface area is 55.1 Å². The van der Waals surface area contributed by atoms with Crippen LogP contribution in [0.3, 0.4) is 0 Å². The summed E-state index contributed by atoms with van der Waals surface area (Å²) >= 11 is 0. The second-order valence-corrected chi connectivity index (χ2v) is 3.41. The molecule has 0 spiro atoms. The zero-order valence-electron chi connectivity index (χ0n) is 3.60. The molecule has 0 amide bonds. The largest absolute Gasteiger partial charge is 0.246 e. The quantitative estimate of drug-likeness (QED) is 0.491. The highest BCUT2D eigenvalue weighted by molar-refractivity contribution is 8.11. The van der Waals surface area contributed by atoms with Gasteiger partial charge in [0, 0.05) is 0 Å². The van der Waals surface area contributed by atoms with Crippen molar-refractivity contribution in [1.82, 2.24) is 0 Å². The van der Waals surface area contributed by atoms with Gasteiger partial charge < -0.3 is 0 Å². The van der Waals surface area contributed by atoms with E-state index in [9.17, 15) is 16.8 Å². The van der Waals surface area contributed by atoms with Gasteiger partial charge in [0.05, 0.1) is 0 Å². The predicted octanol–water partition coefficient (Wildman–Crippen LogP) is -1.45. The maximum absolute atomic E-state index is 9.77. The fraction of sp³-hybridized carbons (Fsp3) is 0.500. The zero-order chi connectivity index (χ0) is 6.78. The normalized spacial score (nSPS) is 9.44. The SMILES string of the molecule is C.NS(=O)(=O)C=S(=O)=O. The first-order valence-corrected chi connectivity index (χ1v) is 4.12. The summed E-state index contributed by atoms with van der Waals surface area (Å²) in [6.07, 6.45) is 0. The van der Waals surface area contributed by atoms with Gasteiger partial charge in [0.25, 0.3) is 0 Å². The fourth-order valence-electron chi connectivity index (χ4n) is 0.110. The predicted molar refractivity (Wildman–Crippen MR) is 34.8 cm³/mol. The molecule has 0 heterocycles. The molecule has 0 aliphatic rings. The van der Waals surface area contributed by atoms with Gasteiger partial charge in [-0.25, -0.2) is 13.6 Å². The molecule has 2 N–H and O–H groups in total. The van der Waals surface area contributed by atoms with Gasteiger partial charge in [-0.3, -0.25) is 0 Å². The Morgan fingerprint density at radius 1 is 1.33 bits per heavy atom. The summed E-state index contributed by atoms with van der Waals surface area (Å²) in [5, 5.41) is 4.26. The molecule has 0 bridgehead atoms. The second kappa shape index (κ2) is 3.59. The lowest BCUT2D eigenvalue weighted by molar-refractivity contribution is 0.610. The van der Waals surface area contributed by atoms with Gasteiger partial charge in [0.15, 0.2) is 4.70 Å². The Morgan fingerprint density at radius 3 is 1.67 bits per heavy atom. The van der Waals surface area contributed by atoms with E-state index in [1.165, 1.54) is 0 Å². The van der Waals surface area contributed by atoms with Crippen LogP contribution in [-0.2, 0) is 20.3 Å². The molecule has 56 valence electrons. The highest BCUT2D eigenvalue weighted by atomic mass is 32.2. The summed E-state index contributed by atoms with van der Waals surface area (Å²) in [6.45, 7) is 0. The average molecular weight is 173 g/mol. The maximum atomic E-state index is 9.77. The Hall–Kier alpha value is -0.400. The summed E-state index contributed by atoms with van der Waals surface area (Å²) in [5.74, 6) is 0. The van der Waals surface area contributed by atoms with Crippen LogP contribution in [-0.4, -0.2) is 21.5 Å². The first-order chi connectivity index (χ1) is 3.42. The van der Waals surface area contributed by atoms with Crippen LogP contribution >= 0.6 is 0 Å². The van der Waals surface area contributed by atoms with Gasteiger partial charge in [0.2, 0.25) is 20.3 Å². The van der Waals surface area contributed by atoms with E-state index in [1.54, 1.807) is 0 Å². The topological polar surface area (TPSA) is 94.3 Å². The van der Waals surface area contributed by atoms with E-state index in [0.717, 1.165) is 0 Å². The van der Waals surface area contributed by atoms with Crippen molar-refractivity contribution in [2.24, 2.45) is 5.14 Å². The summed E-state index contributed by atoms with van der Waals surface area (Å²) in [7, 11) is -6.68. The molecule has 9 heavy (non-hydrogen) atoms. The van der Waals surface area contributed by atoms with Crippen molar-refractivity contribution in [2.45, 2.75) is 7.43 Å². The van der Waals surface area contributed by atoms with Crippen molar-refractivity contribution in [3.05, 3.63) is 0 Å². The summed E-state index contributed by atoms with van der Waals surface area (Å²) < 4.78 is 38.6. The van der Waals surface area contributed by atoms with E-state index in [2.05, 4.69) is 5.14 Å². The highest BCUT2D eigenvalue weighted by Gasteiger charge is 1.93. The molecule has 7 heteroatoms. The third-order valence-corrected chi connectivity index (χ3v) is 1.91. The van der Waals surface area contributed by atoms with Gasteiger partial charge in [-0.1, -0.05) is 7.43 Å². The number of primary sulfonamides is 1. The monoisotopic (exact) mass is 173 g/mol. The Bertz CT molecular complexity index is 275. The van der Waals surface area contributed by atoms with Crippen LogP contribution in [0.2, 0.25) is 0 Å². The Morgan fingerprint density at radius 2 is 1.67 bits per heavy atom. The molecule has 5 nitrogen and oxygen atoms in total. The molecule has 0 radical (unpaired) electrons. The standard InChI is InChI=1S/CH3NO4S2.CH4/c2-8(5,6)1-7(3)4;/h1H,(H2,2,5,6);1H4. The first-order valence-electron chi connectivity index (χ1n) is 1.37. The smallest absolute Gasteiger partial charge is 0.224 e. The molecule has 0 aliphatic carbocycles. The van der Waals surface area contributed by atoms with E-state index < -0.39 is 20.3 Å². The Kier molecular flexibility index (Phi) is 4.55. The van der Waals surface area contributed by atoms with Crippen LogP contribution < -0.4 is 5.14 Å². The molecule has 0 fully saturated rings. The van der Waals surface area contributed by atoms with Crippen molar-refractivity contribution in [1.29, 1.82) is 0 Å². The third kappa shape index (κ3) is 11.3. The van der Waals surface area contributed by atoms with E-state index in [1.807, 2.05) is 0 Å². The molecule has 0 aromatic rings. The van der Waals surface area contributed by atoms with Crippen molar-refractivity contribution in [3.63, 3.8) is 0 Å². The molecule has 0 atom stereocenters. The molecule has 0 aliphatic heterocycles. The number of hydrogen-bond donors (Lipinski definition) is 1. The van der Waals surface area contributed by atoms with Crippen LogP contribution in [0.4, 0.5) is 0 Å². The van der Waals surface area contributed by atoms with E-state index >= 15 is 0 Å². The number of rotatable bonds is 1. The first kappa shape index (κ1) is 11.4. The third-order valence-electron chi connectivity index (χ3n) is 0.213. The summed E-state index contributed by atoms with van der Waals surface area (Å²) in [4.78, 5) is 0. The van der Waals surface area contributed by atoms with Crippen LogP contribution in [0.5, 0.6) is 0 Å². The number of nitrogens with two attached hydrogens (primary N) is 1. The lowest BCUT2D eigenvalue weighted by Gasteiger charge is -1.73. The van der Waals surface area contributed by atoms with Crippen molar-refractivity contribution >= 4 is 25.0 Å². The van der Waals surface area contributed by atoms with Crippen LogP contribution in [0.15, 0.2) is 0 Å². The van der Waals surface area contributed by atoms with Gasteiger partial charge in [0.1, 0.15) is 0 Å². The van der Waals surface area contributed by atoms with Crippen molar-refractivity contribution in [2.75, 3.05) is 0 Å². The van der Waals surface area contributed by atoms with Gasteiger partial charge in [-0.15, -0.1) is 0 Å². The number of hydrogen-bond acceptors (Lipinski definition) is 4. The molecular weight excluding hydrogens is 166 g/mol. The molecule has 0 aromatic carbocycles. The summed E-state index contributed by atoms with van der Waals surface area (Å²) in [6, 6.07) is 0. The second-order valence-electron chi connectivity index (χ2n) is 0.946. The minimum Gasteiger partial charge on any atom is -0.224 e.